The first-order chi connectivity index (χ1) is 16.6. The molecule has 35 heavy (non-hydrogen) atoms. The van der Waals surface area contributed by atoms with Gasteiger partial charge in [-0.25, -0.2) is 9.59 Å². The number of hydrogen-bond donors (Lipinski definition) is 1. The molecular weight excluding hydrogens is 446 g/mol. The number of ether oxygens (including phenoxy) is 3. The van der Waals surface area contributed by atoms with Crippen molar-refractivity contribution < 1.29 is 28.9 Å². The first-order valence-corrected chi connectivity index (χ1v) is 11.7. The molecule has 0 spiro atoms. The maximum absolute atomic E-state index is 13.7. The monoisotopic (exact) mass is 483 g/mol. The van der Waals surface area contributed by atoms with Gasteiger partial charge in [0.1, 0.15) is 18.1 Å². The molecule has 7 nitrogen and oxygen atoms in total. The fourth-order valence-corrected chi connectivity index (χ4v) is 3.80. The lowest BCUT2D eigenvalue weighted by molar-refractivity contribution is -0.161. The number of carbonyl (C=O) groups is 2. The lowest BCUT2D eigenvalue weighted by atomic mass is 9.86. The van der Waals surface area contributed by atoms with Gasteiger partial charge in [0.2, 0.25) is 0 Å². The molecule has 2 rings (SSSR count). The average molecular weight is 484 g/mol. The van der Waals surface area contributed by atoms with E-state index in [1.807, 2.05) is 42.5 Å². The van der Waals surface area contributed by atoms with E-state index in [0.29, 0.717) is 12.8 Å². The molecule has 7 heteroatoms. The first kappa shape index (κ1) is 27.9. The Hall–Kier alpha value is -3.32. The number of benzene rings is 2. The summed E-state index contributed by atoms with van der Waals surface area (Å²) in [7, 11) is 1.45. The zero-order valence-corrected chi connectivity index (χ0v) is 21.2. The van der Waals surface area contributed by atoms with Crippen LogP contribution in [0.25, 0.3) is 0 Å². The molecule has 0 aliphatic heterocycles. The van der Waals surface area contributed by atoms with Gasteiger partial charge < -0.3 is 19.3 Å². The van der Waals surface area contributed by atoms with E-state index in [1.165, 1.54) is 12.0 Å². The number of rotatable bonds is 12. The minimum atomic E-state index is -1.42. The highest BCUT2D eigenvalue weighted by Gasteiger charge is 2.48. The maximum Gasteiger partial charge on any atom is 0.413 e. The molecule has 1 N–H and O–H groups in total. The van der Waals surface area contributed by atoms with Crippen molar-refractivity contribution in [2.24, 2.45) is 0 Å². The number of hydrogen-bond acceptors (Lipinski definition) is 6. The molecular formula is C28H37NO6. The predicted octanol–water partition coefficient (Wildman–Crippen LogP) is 5.27. The summed E-state index contributed by atoms with van der Waals surface area (Å²) in [5.41, 5.74) is -0.557. The van der Waals surface area contributed by atoms with Crippen LogP contribution in [0.15, 0.2) is 67.3 Å². The Labute approximate surface area is 208 Å². The predicted molar refractivity (Wildman–Crippen MR) is 135 cm³/mol. The lowest BCUT2D eigenvalue weighted by Gasteiger charge is -2.41. The van der Waals surface area contributed by atoms with Crippen molar-refractivity contribution in [2.75, 3.05) is 20.4 Å². The van der Waals surface area contributed by atoms with E-state index < -0.39 is 23.2 Å². The van der Waals surface area contributed by atoms with Gasteiger partial charge in [-0.1, -0.05) is 54.6 Å². The molecule has 0 aliphatic carbocycles. The van der Waals surface area contributed by atoms with Gasteiger partial charge >= 0.3 is 12.1 Å². The number of nitrogens with zero attached hydrogens (tertiary/aromatic N) is 1. The molecule has 1 amide bonds. The maximum atomic E-state index is 13.7. The van der Waals surface area contributed by atoms with Crippen LogP contribution in [0.4, 0.5) is 4.79 Å². The Kier molecular flexibility index (Phi) is 10.3. The van der Waals surface area contributed by atoms with Crippen molar-refractivity contribution in [3.05, 3.63) is 78.4 Å². The van der Waals surface area contributed by atoms with E-state index in [0.717, 1.165) is 11.1 Å². The van der Waals surface area contributed by atoms with Crippen LogP contribution in [-0.2, 0) is 31.8 Å². The van der Waals surface area contributed by atoms with Crippen LogP contribution in [-0.4, -0.2) is 53.7 Å². The number of carbonyl (C=O) groups excluding carboxylic acids is 2. The molecule has 0 bridgehead atoms. The molecule has 1 atom stereocenters. The third-order valence-electron chi connectivity index (χ3n) is 5.41. The molecule has 1 unspecified atom stereocenters. The number of aromatic hydroxyl groups is 1. The van der Waals surface area contributed by atoms with Crippen molar-refractivity contribution in [3.8, 4) is 5.75 Å². The summed E-state index contributed by atoms with van der Waals surface area (Å²) in [6.45, 7) is 9.08. The van der Waals surface area contributed by atoms with Crippen LogP contribution in [0.3, 0.4) is 0 Å². The van der Waals surface area contributed by atoms with Crippen LogP contribution in [0, 0.1) is 0 Å². The van der Waals surface area contributed by atoms with E-state index >= 15 is 0 Å². The highest BCUT2D eigenvalue weighted by Crippen LogP contribution is 2.30. The minimum Gasteiger partial charge on any atom is -0.508 e. The van der Waals surface area contributed by atoms with E-state index in [4.69, 9.17) is 14.2 Å². The smallest absolute Gasteiger partial charge is 0.413 e. The quantitative estimate of drug-likeness (QED) is 0.192. The number of methoxy groups -OCH3 is 1. The highest BCUT2D eigenvalue weighted by atomic mass is 16.6. The second-order valence-electron chi connectivity index (χ2n) is 9.38. The van der Waals surface area contributed by atoms with Gasteiger partial charge in [0, 0.05) is 13.5 Å². The zero-order chi connectivity index (χ0) is 25.9. The molecule has 0 aliphatic rings. The fraction of sp³-hybridized carbons (Fsp3) is 0.429. The molecule has 0 heterocycles. The molecule has 0 fully saturated rings. The summed E-state index contributed by atoms with van der Waals surface area (Å²) in [6, 6.07) is 16.5. The number of amides is 1. The summed E-state index contributed by atoms with van der Waals surface area (Å²) in [4.78, 5) is 28.3. The van der Waals surface area contributed by atoms with E-state index in [1.54, 1.807) is 39.0 Å². The van der Waals surface area contributed by atoms with Gasteiger partial charge in [-0.15, -0.1) is 6.58 Å². The van der Waals surface area contributed by atoms with Gasteiger partial charge in [0.15, 0.2) is 5.54 Å². The standard InChI is InChI=1S/C28H37NO6/c1-6-18-28(20-22-13-8-7-9-14-22,29(21-33-5)26(32)35-27(2,3)4)25(31)34-19-12-16-23-15-10-11-17-24(23)30/h6-11,13-15,17,30H,1,12,16,18-21H2,2-5H3. The van der Waals surface area contributed by atoms with Crippen molar-refractivity contribution in [1.29, 1.82) is 0 Å². The summed E-state index contributed by atoms with van der Waals surface area (Å²) in [5, 5.41) is 9.98. The van der Waals surface area contributed by atoms with Gasteiger partial charge in [0.05, 0.1) is 6.61 Å². The summed E-state index contributed by atoms with van der Waals surface area (Å²) in [6.07, 6.45) is 2.31. The Bertz CT molecular complexity index is 969. The Morgan fingerprint density at radius 3 is 2.31 bits per heavy atom. The Morgan fingerprint density at radius 2 is 1.71 bits per heavy atom. The van der Waals surface area contributed by atoms with Gasteiger partial charge in [-0.2, -0.15) is 0 Å². The highest BCUT2D eigenvalue weighted by molar-refractivity contribution is 5.86. The van der Waals surface area contributed by atoms with Crippen molar-refractivity contribution in [2.45, 2.75) is 57.6 Å². The van der Waals surface area contributed by atoms with Gasteiger partial charge in [-0.3, -0.25) is 4.90 Å². The molecule has 0 radical (unpaired) electrons. The number of esters is 1. The van der Waals surface area contributed by atoms with Crippen molar-refractivity contribution >= 4 is 12.1 Å². The van der Waals surface area contributed by atoms with Crippen molar-refractivity contribution in [3.63, 3.8) is 0 Å². The minimum absolute atomic E-state index is 0.121. The number of para-hydroxylation sites is 1. The molecule has 2 aromatic carbocycles. The molecule has 190 valence electrons. The normalized spacial score (nSPS) is 12.9. The lowest BCUT2D eigenvalue weighted by Crippen LogP contribution is -2.60. The summed E-state index contributed by atoms with van der Waals surface area (Å²) < 4.78 is 16.7. The number of phenolic OH excluding ortho intramolecular Hbond substituents is 1. The largest absolute Gasteiger partial charge is 0.508 e. The number of aryl methyl sites for hydroxylation is 1. The van der Waals surface area contributed by atoms with Gasteiger partial charge in [0.25, 0.3) is 0 Å². The topological polar surface area (TPSA) is 85.3 Å². The van der Waals surface area contributed by atoms with Crippen LogP contribution in [0.2, 0.25) is 0 Å². The van der Waals surface area contributed by atoms with Gasteiger partial charge in [-0.05, 0) is 57.2 Å². The molecule has 0 saturated heterocycles. The van der Waals surface area contributed by atoms with Crippen molar-refractivity contribution in [1.82, 2.24) is 4.90 Å². The average Bonchev–Trinajstić information content (AvgIpc) is 2.80. The molecule has 0 aromatic heterocycles. The molecule has 2 aromatic rings. The van der Waals surface area contributed by atoms with Crippen LogP contribution >= 0.6 is 0 Å². The van der Waals surface area contributed by atoms with Crippen LogP contribution in [0.5, 0.6) is 5.75 Å². The van der Waals surface area contributed by atoms with Crippen LogP contribution < -0.4 is 0 Å². The van der Waals surface area contributed by atoms with E-state index in [9.17, 15) is 14.7 Å². The second kappa shape index (κ2) is 13.0. The third-order valence-corrected chi connectivity index (χ3v) is 5.41. The zero-order valence-electron chi connectivity index (χ0n) is 21.2. The van der Waals surface area contributed by atoms with E-state index in [2.05, 4.69) is 6.58 Å². The molecule has 0 saturated carbocycles. The SMILES string of the molecule is C=CCC(Cc1ccccc1)(C(=O)OCCCc1ccccc1O)N(COC)C(=O)OC(C)(C)C. The second-order valence-corrected chi connectivity index (χ2v) is 9.38. The van der Waals surface area contributed by atoms with E-state index in [-0.39, 0.29) is 31.9 Å². The summed E-state index contributed by atoms with van der Waals surface area (Å²) in [5.74, 6) is -0.360. The Morgan fingerprint density at radius 1 is 1.06 bits per heavy atom. The summed E-state index contributed by atoms with van der Waals surface area (Å²) >= 11 is 0. The fourth-order valence-electron chi connectivity index (χ4n) is 3.80. The third kappa shape index (κ3) is 8.14. The number of phenols is 1. The Balaban J connectivity index is 2.33. The van der Waals surface area contributed by atoms with Crippen LogP contribution in [0.1, 0.15) is 44.7 Å². The first-order valence-electron chi connectivity index (χ1n) is 11.7.